The first-order valence-corrected chi connectivity index (χ1v) is 12.5. The molecule has 0 radical (unpaired) electrons. The second-order valence-electron chi connectivity index (χ2n) is 8.57. The highest BCUT2D eigenvalue weighted by Crippen LogP contribution is 2.44. The van der Waals surface area contributed by atoms with E-state index in [9.17, 15) is 14.4 Å². The molecule has 0 bridgehead atoms. The molecule has 0 aromatic heterocycles. The Balaban J connectivity index is 1.34. The number of nitrogens with one attached hydrogen (secondary N) is 1. The molecule has 0 spiro atoms. The van der Waals surface area contributed by atoms with Crippen LogP contribution in [0.25, 0.3) is 11.1 Å². The minimum atomic E-state index is -1.04. The number of esters is 1. The van der Waals surface area contributed by atoms with Crippen LogP contribution in [0.2, 0.25) is 0 Å². The van der Waals surface area contributed by atoms with Crippen molar-refractivity contribution in [3.05, 3.63) is 94.0 Å². The Morgan fingerprint density at radius 2 is 1.50 bits per heavy atom. The van der Waals surface area contributed by atoms with E-state index >= 15 is 0 Å². The van der Waals surface area contributed by atoms with E-state index in [2.05, 4.69) is 33.4 Å². The summed E-state index contributed by atoms with van der Waals surface area (Å²) < 4.78 is 11.9. The first-order valence-electron chi connectivity index (χ1n) is 11.7. The summed E-state index contributed by atoms with van der Waals surface area (Å²) in [5.74, 6) is -1.32. The van der Waals surface area contributed by atoms with Gasteiger partial charge in [-0.05, 0) is 46.4 Å². The van der Waals surface area contributed by atoms with E-state index in [-0.39, 0.29) is 32.0 Å². The largest absolute Gasteiger partial charge is 0.464 e. The number of primary amides is 1. The lowest BCUT2D eigenvalue weighted by atomic mass is 9.98. The van der Waals surface area contributed by atoms with Crippen molar-refractivity contribution >= 4 is 33.9 Å². The number of fused-ring (bicyclic) bond motifs is 3. The van der Waals surface area contributed by atoms with Crippen LogP contribution in [-0.2, 0) is 25.5 Å². The monoisotopic (exact) mass is 550 g/mol. The van der Waals surface area contributed by atoms with Gasteiger partial charge in [-0.1, -0.05) is 76.6 Å². The maximum Gasteiger partial charge on any atom is 0.407 e. The molecule has 2 amide bonds. The molecule has 1 aliphatic rings. The lowest BCUT2D eigenvalue weighted by molar-refractivity contribution is -0.146. The summed E-state index contributed by atoms with van der Waals surface area (Å²) in [5.41, 5.74) is 10.7. The Hall–Kier alpha value is -3.65. The zero-order chi connectivity index (χ0) is 25.5. The molecule has 3 aromatic carbocycles. The molecule has 4 rings (SSSR count). The molecule has 0 saturated heterocycles. The van der Waals surface area contributed by atoms with E-state index < -0.39 is 24.0 Å². The minimum Gasteiger partial charge on any atom is -0.464 e. The van der Waals surface area contributed by atoms with E-state index in [1.54, 1.807) is 0 Å². The number of alkyl carbamates (subject to hydrolysis) is 1. The van der Waals surface area contributed by atoms with Crippen LogP contribution in [0, 0.1) is 0 Å². The summed E-state index contributed by atoms with van der Waals surface area (Å²) in [6.07, 6.45) is -0.282. The number of benzene rings is 3. The van der Waals surface area contributed by atoms with Gasteiger partial charge in [0.1, 0.15) is 12.6 Å². The number of hydrogen-bond acceptors (Lipinski definition) is 5. The molecule has 0 fully saturated rings. The van der Waals surface area contributed by atoms with E-state index in [0.717, 1.165) is 32.3 Å². The van der Waals surface area contributed by atoms with Crippen molar-refractivity contribution in [2.75, 3.05) is 13.2 Å². The maximum absolute atomic E-state index is 12.7. The van der Waals surface area contributed by atoms with Crippen molar-refractivity contribution in [2.24, 2.45) is 5.73 Å². The highest BCUT2D eigenvalue weighted by Gasteiger charge is 2.30. The van der Waals surface area contributed by atoms with Crippen molar-refractivity contribution in [2.45, 2.75) is 31.2 Å². The van der Waals surface area contributed by atoms with E-state index in [1.165, 1.54) is 0 Å². The van der Waals surface area contributed by atoms with Crippen molar-refractivity contribution in [1.82, 2.24) is 5.32 Å². The second kappa shape index (κ2) is 11.9. The van der Waals surface area contributed by atoms with Crippen LogP contribution in [0.5, 0.6) is 0 Å². The third kappa shape index (κ3) is 6.31. The predicted octanol–water partition coefficient (Wildman–Crippen LogP) is 4.71. The molecule has 1 atom stereocenters. The fourth-order valence-corrected chi connectivity index (χ4v) is 4.60. The highest BCUT2D eigenvalue weighted by molar-refractivity contribution is 9.10. The van der Waals surface area contributed by atoms with Gasteiger partial charge in [0.25, 0.3) is 0 Å². The fourth-order valence-electron chi connectivity index (χ4n) is 4.34. The molecule has 7 nitrogen and oxygen atoms in total. The van der Waals surface area contributed by atoms with Gasteiger partial charge in [-0.3, -0.25) is 4.79 Å². The molecule has 186 valence electrons. The van der Waals surface area contributed by atoms with Crippen molar-refractivity contribution in [1.29, 1.82) is 0 Å². The van der Waals surface area contributed by atoms with Crippen molar-refractivity contribution < 1.29 is 23.9 Å². The SMILES string of the molecule is NC(=O)CC[C@H](NC(=O)OCC1c2ccccc2-c2ccccc21)C(=O)OCCc1ccc(Br)cc1. The lowest BCUT2D eigenvalue weighted by Gasteiger charge is -2.19. The normalized spacial score (nSPS) is 12.8. The minimum absolute atomic E-state index is 0.0245. The van der Waals surface area contributed by atoms with Crippen molar-refractivity contribution in [3.8, 4) is 11.1 Å². The first kappa shape index (κ1) is 25.4. The second-order valence-corrected chi connectivity index (χ2v) is 9.49. The molecule has 8 heteroatoms. The Morgan fingerprint density at radius 1 is 0.889 bits per heavy atom. The summed E-state index contributed by atoms with van der Waals surface area (Å²) in [6, 6.07) is 22.7. The molecule has 0 aliphatic heterocycles. The average Bonchev–Trinajstić information content (AvgIpc) is 3.20. The number of ether oxygens (including phenoxy) is 2. The smallest absolute Gasteiger partial charge is 0.407 e. The zero-order valence-corrected chi connectivity index (χ0v) is 21.2. The highest BCUT2D eigenvalue weighted by atomic mass is 79.9. The average molecular weight is 551 g/mol. The quantitative estimate of drug-likeness (QED) is 0.355. The Kier molecular flexibility index (Phi) is 8.38. The predicted molar refractivity (Wildman–Crippen MR) is 139 cm³/mol. The van der Waals surface area contributed by atoms with Crippen LogP contribution in [0.1, 0.15) is 35.4 Å². The Morgan fingerprint density at radius 3 is 2.11 bits per heavy atom. The summed E-state index contributed by atoms with van der Waals surface area (Å²) in [4.78, 5) is 36.6. The van der Waals surface area contributed by atoms with Crippen LogP contribution in [0.15, 0.2) is 77.3 Å². The maximum atomic E-state index is 12.7. The zero-order valence-electron chi connectivity index (χ0n) is 19.6. The number of nitrogens with two attached hydrogens (primary N) is 1. The van der Waals surface area contributed by atoms with Crippen LogP contribution in [0.4, 0.5) is 4.79 Å². The topological polar surface area (TPSA) is 108 Å². The Bertz CT molecular complexity index is 1200. The van der Waals surface area contributed by atoms with Gasteiger partial charge >= 0.3 is 12.1 Å². The standard InChI is InChI=1S/C28H27BrN2O5/c29-19-11-9-18(10-12-19)15-16-35-27(33)25(13-14-26(30)32)31-28(34)36-17-24-22-7-3-1-5-20(22)21-6-2-4-8-23(21)24/h1-12,24-25H,13-17H2,(H2,30,32)(H,31,34)/t25-/m0/s1. The number of amides is 2. The van der Waals surface area contributed by atoms with E-state index in [1.807, 2.05) is 60.7 Å². The van der Waals surface area contributed by atoms with Crippen LogP contribution in [-0.4, -0.2) is 37.2 Å². The Labute approximate surface area is 218 Å². The van der Waals surface area contributed by atoms with E-state index in [4.69, 9.17) is 15.2 Å². The molecule has 36 heavy (non-hydrogen) atoms. The molecule has 1 aliphatic carbocycles. The third-order valence-corrected chi connectivity index (χ3v) is 6.68. The number of carbonyl (C=O) groups excluding carboxylic acids is 3. The molecular weight excluding hydrogens is 524 g/mol. The molecular formula is C28H27BrN2O5. The van der Waals surface area contributed by atoms with Gasteiger partial charge < -0.3 is 20.5 Å². The van der Waals surface area contributed by atoms with Gasteiger partial charge in [0.2, 0.25) is 5.91 Å². The third-order valence-electron chi connectivity index (χ3n) is 6.15. The molecule has 0 saturated carbocycles. The number of rotatable bonds is 10. The van der Waals surface area contributed by atoms with Crippen LogP contribution < -0.4 is 11.1 Å². The van der Waals surface area contributed by atoms with Crippen molar-refractivity contribution in [3.63, 3.8) is 0 Å². The molecule has 0 heterocycles. The molecule has 3 aromatic rings. The van der Waals surface area contributed by atoms with E-state index in [0.29, 0.717) is 6.42 Å². The summed E-state index contributed by atoms with van der Waals surface area (Å²) >= 11 is 3.38. The van der Waals surface area contributed by atoms with Gasteiger partial charge in [-0.2, -0.15) is 0 Å². The van der Waals surface area contributed by atoms with Gasteiger partial charge in [0, 0.05) is 23.2 Å². The fraction of sp³-hybridized carbons (Fsp3) is 0.250. The molecule has 0 unspecified atom stereocenters. The van der Waals surface area contributed by atoms with Gasteiger partial charge in [-0.15, -0.1) is 0 Å². The van der Waals surface area contributed by atoms with Gasteiger partial charge in [0.15, 0.2) is 0 Å². The van der Waals surface area contributed by atoms with Gasteiger partial charge in [0.05, 0.1) is 6.61 Å². The summed E-state index contributed by atoms with van der Waals surface area (Å²) in [5, 5.41) is 2.55. The van der Waals surface area contributed by atoms with Crippen LogP contribution >= 0.6 is 15.9 Å². The summed E-state index contributed by atoms with van der Waals surface area (Å²) in [6.45, 7) is 0.251. The summed E-state index contributed by atoms with van der Waals surface area (Å²) in [7, 11) is 0. The number of carbonyl (C=O) groups is 3. The number of hydrogen-bond donors (Lipinski definition) is 2. The first-order chi connectivity index (χ1) is 17.4. The number of halogens is 1. The molecule has 3 N–H and O–H groups in total. The van der Waals surface area contributed by atoms with Crippen LogP contribution in [0.3, 0.4) is 0 Å². The lowest BCUT2D eigenvalue weighted by Crippen LogP contribution is -2.43. The van der Waals surface area contributed by atoms with Gasteiger partial charge in [-0.25, -0.2) is 9.59 Å².